The van der Waals surface area contributed by atoms with Gasteiger partial charge in [-0.2, -0.15) is 0 Å². The maximum absolute atomic E-state index is 11.3. The summed E-state index contributed by atoms with van der Waals surface area (Å²) >= 11 is 0. The molecule has 0 saturated carbocycles. The number of carbonyl (C=O) groups excluding carboxylic acids is 1. The van der Waals surface area contributed by atoms with Gasteiger partial charge in [-0.05, 0) is 26.0 Å². The number of hydrogen-bond acceptors (Lipinski definition) is 4. The van der Waals surface area contributed by atoms with E-state index in [1.54, 1.807) is 25.1 Å². The molecule has 2 N–H and O–H groups in total. The Morgan fingerprint density at radius 3 is 2.69 bits per heavy atom. The molecule has 0 saturated heterocycles. The van der Waals surface area contributed by atoms with Crippen molar-refractivity contribution in [2.24, 2.45) is 0 Å². The molecular weight excluding hydrogens is 206 g/mol. The zero-order valence-electron chi connectivity index (χ0n) is 9.45. The fourth-order valence-corrected chi connectivity index (χ4v) is 1.06. The average Bonchev–Trinajstić information content (AvgIpc) is 2.22. The molecule has 0 fully saturated rings. The van der Waals surface area contributed by atoms with E-state index in [0.29, 0.717) is 29.4 Å². The predicted molar refractivity (Wildman–Crippen MR) is 62.5 cm³/mol. The highest BCUT2D eigenvalue weighted by atomic mass is 16.5. The van der Waals surface area contributed by atoms with Gasteiger partial charge in [-0.3, -0.25) is 0 Å². The van der Waals surface area contributed by atoms with Crippen LogP contribution >= 0.6 is 0 Å². The number of esters is 1. The minimum absolute atomic E-state index is 0.316. The quantitative estimate of drug-likeness (QED) is 0.366. The lowest BCUT2D eigenvalue weighted by atomic mass is 10.2. The van der Waals surface area contributed by atoms with Crippen LogP contribution in [-0.4, -0.2) is 12.6 Å². The summed E-state index contributed by atoms with van der Waals surface area (Å²) in [5, 5.41) is 0. The molecular formula is C12H15NO3. The lowest BCUT2D eigenvalue weighted by Crippen LogP contribution is -2.09. The van der Waals surface area contributed by atoms with E-state index in [-0.39, 0.29) is 0 Å². The molecule has 4 nitrogen and oxygen atoms in total. The van der Waals surface area contributed by atoms with Crippen molar-refractivity contribution in [2.45, 2.75) is 13.8 Å². The molecule has 0 atom stereocenters. The van der Waals surface area contributed by atoms with Gasteiger partial charge in [0.15, 0.2) is 5.75 Å². The van der Waals surface area contributed by atoms with Gasteiger partial charge in [0.05, 0.1) is 12.3 Å². The van der Waals surface area contributed by atoms with Crippen LogP contribution in [-0.2, 0) is 4.79 Å². The number of anilines is 1. The van der Waals surface area contributed by atoms with Gasteiger partial charge in [-0.15, -0.1) is 0 Å². The van der Waals surface area contributed by atoms with Gasteiger partial charge in [0, 0.05) is 11.6 Å². The molecule has 0 aliphatic rings. The van der Waals surface area contributed by atoms with Crippen LogP contribution < -0.4 is 15.2 Å². The van der Waals surface area contributed by atoms with E-state index in [1.807, 2.05) is 6.92 Å². The molecule has 16 heavy (non-hydrogen) atoms. The first-order valence-corrected chi connectivity index (χ1v) is 4.94. The third-order valence-corrected chi connectivity index (χ3v) is 1.84. The van der Waals surface area contributed by atoms with Crippen molar-refractivity contribution in [2.75, 3.05) is 12.3 Å². The van der Waals surface area contributed by atoms with Gasteiger partial charge < -0.3 is 15.2 Å². The molecule has 1 aromatic rings. The minimum Gasteiger partial charge on any atom is -0.494 e. The number of rotatable bonds is 4. The highest BCUT2D eigenvalue weighted by Crippen LogP contribution is 2.26. The van der Waals surface area contributed by atoms with E-state index in [9.17, 15) is 4.79 Å². The lowest BCUT2D eigenvalue weighted by molar-refractivity contribution is -0.130. The van der Waals surface area contributed by atoms with Crippen molar-refractivity contribution in [3.63, 3.8) is 0 Å². The van der Waals surface area contributed by atoms with Crippen molar-refractivity contribution < 1.29 is 14.3 Å². The first kappa shape index (κ1) is 12.1. The van der Waals surface area contributed by atoms with Gasteiger partial charge >= 0.3 is 5.97 Å². The van der Waals surface area contributed by atoms with Crippen LogP contribution in [0.2, 0.25) is 0 Å². The second-order valence-corrected chi connectivity index (χ2v) is 3.30. The van der Waals surface area contributed by atoms with E-state index >= 15 is 0 Å². The Morgan fingerprint density at radius 1 is 1.50 bits per heavy atom. The Morgan fingerprint density at radius 2 is 2.19 bits per heavy atom. The number of benzene rings is 1. The van der Waals surface area contributed by atoms with E-state index in [4.69, 9.17) is 15.2 Å². The van der Waals surface area contributed by atoms with Crippen molar-refractivity contribution in [1.29, 1.82) is 0 Å². The topological polar surface area (TPSA) is 61.5 Å². The summed E-state index contributed by atoms with van der Waals surface area (Å²) in [5.74, 6) is 0.474. The first-order chi connectivity index (χ1) is 7.54. The molecule has 0 unspecified atom stereocenters. The smallest absolute Gasteiger partial charge is 0.338 e. The summed E-state index contributed by atoms with van der Waals surface area (Å²) in [6.07, 6.45) is 0. The monoisotopic (exact) mass is 221 g/mol. The molecule has 4 heteroatoms. The number of nitrogen functional groups attached to an aromatic ring is 1. The Hall–Kier alpha value is -1.97. The average molecular weight is 221 g/mol. The van der Waals surface area contributed by atoms with E-state index in [1.165, 1.54) is 0 Å². The molecule has 0 heterocycles. The summed E-state index contributed by atoms with van der Waals surface area (Å²) in [5.41, 5.74) is 6.40. The Bertz CT molecular complexity index is 413. The van der Waals surface area contributed by atoms with Gasteiger partial charge in [-0.25, -0.2) is 4.79 Å². The number of hydrogen-bond donors (Lipinski definition) is 1. The van der Waals surface area contributed by atoms with Crippen molar-refractivity contribution in [3.8, 4) is 11.5 Å². The molecule has 0 aliphatic carbocycles. The van der Waals surface area contributed by atoms with E-state index in [0.717, 1.165) is 0 Å². The van der Waals surface area contributed by atoms with Crippen LogP contribution in [0.5, 0.6) is 11.5 Å². The van der Waals surface area contributed by atoms with E-state index < -0.39 is 5.97 Å². The molecule has 86 valence electrons. The SMILES string of the molecule is C=C(C)C(=O)Oc1ccc(OCC)cc1N. The number of ether oxygens (including phenoxy) is 2. The fraction of sp³-hybridized carbons (Fsp3) is 0.250. The van der Waals surface area contributed by atoms with Gasteiger partial charge in [0.2, 0.25) is 0 Å². The molecule has 0 amide bonds. The van der Waals surface area contributed by atoms with Crippen LogP contribution in [0.25, 0.3) is 0 Å². The molecule has 0 aliphatic heterocycles. The Kier molecular flexibility index (Phi) is 3.94. The second kappa shape index (κ2) is 5.21. The van der Waals surface area contributed by atoms with Gasteiger partial charge in [0.1, 0.15) is 5.75 Å². The highest BCUT2D eigenvalue weighted by Gasteiger charge is 2.08. The van der Waals surface area contributed by atoms with Crippen LogP contribution in [0, 0.1) is 0 Å². The fourth-order valence-electron chi connectivity index (χ4n) is 1.06. The van der Waals surface area contributed by atoms with Crippen LogP contribution in [0.3, 0.4) is 0 Å². The summed E-state index contributed by atoms with van der Waals surface area (Å²) in [4.78, 5) is 11.3. The summed E-state index contributed by atoms with van der Waals surface area (Å²) < 4.78 is 10.3. The third kappa shape index (κ3) is 3.02. The molecule has 0 radical (unpaired) electrons. The van der Waals surface area contributed by atoms with Gasteiger partial charge in [0.25, 0.3) is 0 Å². The molecule has 0 spiro atoms. The zero-order chi connectivity index (χ0) is 12.1. The molecule has 1 aromatic carbocycles. The molecule has 0 bridgehead atoms. The first-order valence-electron chi connectivity index (χ1n) is 4.94. The number of nitrogens with two attached hydrogens (primary N) is 1. The largest absolute Gasteiger partial charge is 0.494 e. The Balaban J connectivity index is 2.83. The van der Waals surface area contributed by atoms with Gasteiger partial charge in [-0.1, -0.05) is 6.58 Å². The van der Waals surface area contributed by atoms with Crippen LogP contribution in [0.4, 0.5) is 5.69 Å². The normalized spacial score (nSPS) is 9.62. The van der Waals surface area contributed by atoms with Crippen molar-refractivity contribution in [1.82, 2.24) is 0 Å². The maximum atomic E-state index is 11.3. The molecule has 1 rings (SSSR count). The predicted octanol–water partition coefficient (Wildman–Crippen LogP) is 2.15. The number of carbonyl (C=O) groups is 1. The second-order valence-electron chi connectivity index (χ2n) is 3.30. The third-order valence-electron chi connectivity index (χ3n) is 1.84. The van der Waals surface area contributed by atoms with Crippen LogP contribution in [0.1, 0.15) is 13.8 Å². The summed E-state index contributed by atoms with van der Waals surface area (Å²) in [6, 6.07) is 4.91. The standard InChI is InChI=1S/C12H15NO3/c1-4-15-9-5-6-11(10(13)7-9)16-12(14)8(2)3/h5-7H,2,4,13H2,1,3H3. The minimum atomic E-state index is -0.490. The summed E-state index contributed by atoms with van der Waals surface area (Å²) in [6.45, 7) is 7.50. The van der Waals surface area contributed by atoms with E-state index in [2.05, 4.69) is 6.58 Å². The Labute approximate surface area is 94.7 Å². The maximum Gasteiger partial charge on any atom is 0.338 e. The highest BCUT2D eigenvalue weighted by molar-refractivity contribution is 5.89. The lowest BCUT2D eigenvalue weighted by Gasteiger charge is -2.09. The van der Waals surface area contributed by atoms with Crippen molar-refractivity contribution in [3.05, 3.63) is 30.4 Å². The van der Waals surface area contributed by atoms with Crippen LogP contribution in [0.15, 0.2) is 30.4 Å². The van der Waals surface area contributed by atoms with Crippen molar-refractivity contribution >= 4 is 11.7 Å². The zero-order valence-corrected chi connectivity index (χ0v) is 9.45. The molecule has 0 aromatic heterocycles. The summed E-state index contributed by atoms with van der Waals surface area (Å²) in [7, 11) is 0.